The molecule has 0 fully saturated rings. The number of anilines is 2. The molecular formula is C10H9BrN4. The molecule has 0 aliphatic carbocycles. The first-order chi connectivity index (χ1) is 7.15. The molecular weight excluding hydrogens is 256 g/mol. The summed E-state index contributed by atoms with van der Waals surface area (Å²) in [5.41, 5.74) is 12.8. The van der Waals surface area contributed by atoms with Gasteiger partial charge >= 0.3 is 0 Å². The summed E-state index contributed by atoms with van der Waals surface area (Å²) in [6, 6.07) is 9.44. The van der Waals surface area contributed by atoms with E-state index in [1.54, 1.807) is 6.07 Å². The van der Waals surface area contributed by atoms with E-state index in [2.05, 4.69) is 25.9 Å². The van der Waals surface area contributed by atoms with Gasteiger partial charge in [-0.25, -0.2) is 4.98 Å². The van der Waals surface area contributed by atoms with Crippen molar-refractivity contribution in [3.8, 4) is 11.3 Å². The van der Waals surface area contributed by atoms with Crippen molar-refractivity contribution in [3.05, 3.63) is 34.8 Å². The summed E-state index contributed by atoms with van der Waals surface area (Å²) in [6.45, 7) is 0. The number of hydrogen-bond acceptors (Lipinski definition) is 4. The minimum atomic E-state index is 0.185. The van der Waals surface area contributed by atoms with Crippen LogP contribution in [0.15, 0.2) is 34.8 Å². The smallest absolute Gasteiger partial charge is 0.222 e. The van der Waals surface area contributed by atoms with Crippen molar-refractivity contribution in [2.45, 2.75) is 0 Å². The van der Waals surface area contributed by atoms with Crippen molar-refractivity contribution >= 4 is 27.7 Å². The molecule has 0 amide bonds. The summed E-state index contributed by atoms with van der Waals surface area (Å²) >= 11 is 3.39. The summed E-state index contributed by atoms with van der Waals surface area (Å²) in [5, 5.41) is 0. The first-order valence-electron chi connectivity index (χ1n) is 4.31. The Bertz CT molecular complexity index is 478. The van der Waals surface area contributed by atoms with Gasteiger partial charge in [-0.15, -0.1) is 0 Å². The third-order valence-electron chi connectivity index (χ3n) is 1.88. The van der Waals surface area contributed by atoms with E-state index in [0.717, 1.165) is 15.7 Å². The topological polar surface area (TPSA) is 77.8 Å². The van der Waals surface area contributed by atoms with Crippen molar-refractivity contribution in [2.24, 2.45) is 0 Å². The van der Waals surface area contributed by atoms with Crippen LogP contribution in [0.3, 0.4) is 0 Å². The van der Waals surface area contributed by atoms with Crippen LogP contribution in [0.5, 0.6) is 0 Å². The van der Waals surface area contributed by atoms with Gasteiger partial charge in [0.05, 0.1) is 5.69 Å². The minimum absolute atomic E-state index is 0.185. The van der Waals surface area contributed by atoms with Gasteiger partial charge in [-0.05, 0) is 12.1 Å². The first-order valence-corrected chi connectivity index (χ1v) is 5.10. The average Bonchev–Trinajstić information content (AvgIpc) is 2.16. The fourth-order valence-corrected chi connectivity index (χ4v) is 1.68. The molecule has 0 aliphatic rings. The van der Waals surface area contributed by atoms with Crippen molar-refractivity contribution in [3.63, 3.8) is 0 Å². The highest BCUT2D eigenvalue weighted by Crippen LogP contribution is 2.22. The Morgan fingerprint density at radius 1 is 1.07 bits per heavy atom. The fourth-order valence-electron chi connectivity index (χ4n) is 1.28. The Hall–Kier alpha value is -1.62. The van der Waals surface area contributed by atoms with Gasteiger partial charge in [0.2, 0.25) is 5.95 Å². The van der Waals surface area contributed by atoms with Gasteiger partial charge in [-0.3, -0.25) is 0 Å². The minimum Gasteiger partial charge on any atom is -0.384 e. The maximum Gasteiger partial charge on any atom is 0.222 e. The SMILES string of the molecule is Nc1cc(-c2cccc(Br)c2)nc(N)n1. The monoisotopic (exact) mass is 264 g/mol. The molecule has 1 aromatic carbocycles. The molecule has 0 bridgehead atoms. The number of halogens is 1. The predicted octanol–water partition coefficient (Wildman–Crippen LogP) is 2.07. The Balaban J connectivity index is 2.54. The number of nitrogens with zero attached hydrogens (tertiary/aromatic N) is 2. The van der Waals surface area contributed by atoms with E-state index in [-0.39, 0.29) is 5.95 Å². The van der Waals surface area contributed by atoms with Crippen molar-refractivity contribution in [1.82, 2.24) is 9.97 Å². The van der Waals surface area contributed by atoms with Gasteiger partial charge in [0.1, 0.15) is 5.82 Å². The Morgan fingerprint density at radius 2 is 1.87 bits per heavy atom. The lowest BCUT2D eigenvalue weighted by Gasteiger charge is -2.03. The third kappa shape index (κ3) is 2.24. The van der Waals surface area contributed by atoms with Gasteiger partial charge in [0.15, 0.2) is 0 Å². The van der Waals surface area contributed by atoms with Gasteiger partial charge < -0.3 is 11.5 Å². The van der Waals surface area contributed by atoms with Crippen molar-refractivity contribution in [2.75, 3.05) is 11.5 Å². The predicted molar refractivity (Wildman–Crippen MR) is 64.0 cm³/mol. The van der Waals surface area contributed by atoms with Crippen LogP contribution in [0, 0.1) is 0 Å². The molecule has 0 saturated carbocycles. The maximum atomic E-state index is 5.59. The third-order valence-corrected chi connectivity index (χ3v) is 2.38. The van der Waals surface area contributed by atoms with E-state index in [1.165, 1.54) is 0 Å². The quantitative estimate of drug-likeness (QED) is 0.827. The molecule has 0 spiro atoms. The Kier molecular flexibility index (Phi) is 2.55. The second-order valence-electron chi connectivity index (χ2n) is 3.05. The van der Waals surface area contributed by atoms with Gasteiger partial charge in [-0.2, -0.15) is 4.98 Å². The molecule has 1 aromatic heterocycles. The van der Waals surface area contributed by atoms with E-state index in [1.807, 2.05) is 24.3 Å². The standard InChI is InChI=1S/C10H9BrN4/c11-7-3-1-2-6(4-7)8-5-9(12)15-10(13)14-8/h1-5H,(H4,12,13,14,15). The summed E-state index contributed by atoms with van der Waals surface area (Å²) in [6.07, 6.45) is 0. The second-order valence-corrected chi connectivity index (χ2v) is 3.96. The van der Waals surface area contributed by atoms with Crippen LogP contribution in [-0.2, 0) is 0 Å². The van der Waals surface area contributed by atoms with Crippen LogP contribution in [-0.4, -0.2) is 9.97 Å². The highest BCUT2D eigenvalue weighted by Gasteiger charge is 2.03. The second kappa shape index (κ2) is 3.86. The molecule has 0 unspecified atom stereocenters. The summed E-state index contributed by atoms with van der Waals surface area (Å²) in [4.78, 5) is 7.93. The lowest BCUT2D eigenvalue weighted by molar-refractivity contribution is 1.20. The zero-order valence-electron chi connectivity index (χ0n) is 7.81. The molecule has 2 aromatic rings. The molecule has 5 heteroatoms. The number of benzene rings is 1. The normalized spacial score (nSPS) is 10.2. The number of rotatable bonds is 1. The first kappa shape index (κ1) is 9.92. The summed E-state index contributed by atoms with van der Waals surface area (Å²) in [5.74, 6) is 0.558. The molecule has 0 radical (unpaired) electrons. The number of aromatic nitrogens is 2. The molecule has 76 valence electrons. The largest absolute Gasteiger partial charge is 0.384 e. The lowest BCUT2D eigenvalue weighted by atomic mass is 10.1. The molecule has 0 atom stereocenters. The van der Waals surface area contributed by atoms with Crippen molar-refractivity contribution in [1.29, 1.82) is 0 Å². The molecule has 4 N–H and O–H groups in total. The molecule has 15 heavy (non-hydrogen) atoms. The number of hydrogen-bond donors (Lipinski definition) is 2. The van der Waals surface area contributed by atoms with Crippen molar-refractivity contribution < 1.29 is 0 Å². The summed E-state index contributed by atoms with van der Waals surface area (Å²) in [7, 11) is 0. The molecule has 4 nitrogen and oxygen atoms in total. The zero-order valence-corrected chi connectivity index (χ0v) is 9.40. The van der Waals surface area contributed by atoms with Gasteiger partial charge in [0, 0.05) is 16.1 Å². The van der Waals surface area contributed by atoms with Crippen LogP contribution in [0.2, 0.25) is 0 Å². The maximum absolute atomic E-state index is 5.59. The van der Waals surface area contributed by atoms with E-state index in [9.17, 15) is 0 Å². The van der Waals surface area contributed by atoms with Crippen LogP contribution in [0.4, 0.5) is 11.8 Å². The molecule has 0 aliphatic heterocycles. The van der Waals surface area contributed by atoms with E-state index < -0.39 is 0 Å². The zero-order chi connectivity index (χ0) is 10.8. The van der Waals surface area contributed by atoms with Gasteiger partial charge in [-0.1, -0.05) is 28.1 Å². The van der Waals surface area contributed by atoms with Crippen LogP contribution in [0.25, 0.3) is 11.3 Å². The molecule has 1 heterocycles. The highest BCUT2D eigenvalue weighted by molar-refractivity contribution is 9.10. The Morgan fingerprint density at radius 3 is 2.53 bits per heavy atom. The van der Waals surface area contributed by atoms with E-state index >= 15 is 0 Å². The fraction of sp³-hybridized carbons (Fsp3) is 0. The van der Waals surface area contributed by atoms with Crippen LogP contribution >= 0.6 is 15.9 Å². The van der Waals surface area contributed by atoms with Gasteiger partial charge in [0.25, 0.3) is 0 Å². The number of nitrogen functional groups attached to an aromatic ring is 2. The Labute approximate surface area is 95.5 Å². The van der Waals surface area contributed by atoms with Crippen LogP contribution in [0.1, 0.15) is 0 Å². The average molecular weight is 265 g/mol. The number of nitrogens with two attached hydrogens (primary N) is 2. The van der Waals surface area contributed by atoms with E-state index in [4.69, 9.17) is 11.5 Å². The summed E-state index contributed by atoms with van der Waals surface area (Å²) < 4.78 is 0.982. The molecule has 2 rings (SSSR count). The highest BCUT2D eigenvalue weighted by atomic mass is 79.9. The van der Waals surface area contributed by atoms with E-state index in [0.29, 0.717) is 5.82 Å². The van der Waals surface area contributed by atoms with Crippen LogP contribution < -0.4 is 11.5 Å². The lowest BCUT2D eigenvalue weighted by Crippen LogP contribution is -2.00. The molecule has 0 saturated heterocycles.